The predicted molar refractivity (Wildman–Crippen MR) is 90.2 cm³/mol. The van der Waals surface area contributed by atoms with Crippen LogP contribution in [0.15, 0.2) is 42.7 Å². The Hall–Kier alpha value is -2.96. The molecule has 0 unspecified atom stereocenters. The van der Waals surface area contributed by atoms with Gasteiger partial charge in [-0.2, -0.15) is 5.10 Å². The quantitative estimate of drug-likeness (QED) is 0.768. The molecule has 128 valence electrons. The van der Waals surface area contributed by atoms with Crippen molar-refractivity contribution in [2.24, 2.45) is 0 Å². The molecule has 25 heavy (non-hydrogen) atoms. The Morgan fingerprint density at radius 2 is 2.20 bits per heavy atom. The normalized spacial score (nSPS) is 17.6. The highest BCUT2D eigenvalue weighted by molar-refractivity contribution is 5.92. The lowest BCUT2D eigenvalue weighted by atomic mass is 10.0. The van der Waals surface area contributed by atoms with Crippen molar-refractivity contribution in [2.45, 2.75) is 25.3 Å². The van der Waals surface area contributed by atoms with Crippen LogP contribution in [0.3, 0.4) is 0 Å². The van der Waals surface area contributed by atoms with E-state index in [1.165, 1.54) is 12.1 Å². The molecule has 3 heterocycles. The Bertz CT molecular complexity index is 873. The van der Waals surface area contributed by atoms with Gasteiger partial charge in [0, 0.05) is 18.3 Å². The first-order valence-corrected chi connectivity index (χ1v) is 8.33. The molecule has 1 aliphatic rings. The van der Waals surface area contributed by atoms with Crippen LogP contribution in [0.5, 0.6) is 0 Å². The first-order valence-electron chi connectivity index (χ1n) is 8.33. The lowest BCUT2D eigenvalue weighted by Gasteiger charge is -2.34. The minimum absolute atomic E-state index is 0.0779. The number of likely N-dealkylation sites (tertiary alicyclic amines) is 1. The zero-order valence-electron chi connectivity index (χ0n) is 13.6. The van der Waals surface area contributed by atoms with Crippen LogP contribution in [-0.4, -0.2) is 37.5 Å². The second kappa shape index (κ2) is 6.51. The average Bonchev–Trinajstić information content (AvgIpc) is 3.33. The summed E-state index contributed by atoms with van der Waals surface area (Å²) in [4.78, 5) is 22.3. The summed E-state index contributed by atoms with van der Waals surface area (Å²) in [6, 6.07) is 7.92. The molecule has 1 fully saturated rings. The maximum Gasteiger partial charge on any atom is 0.272 e. The molecule has 0 aliphatic carbocycles. The Morgan fingerprint density at radius 1 is 1.28 bits per heavy atom. The van der Waals surface area contributed by atoms with E-state index in [-0.39, 0.29) is 17.8 Å². The van der Waals surface area contributed by atoms with Crippen LogP contribution in [0.1, 0.15) is 41.6 Å². The molecule has 0 saturated carbocycles. The number of aromatic amines is 2. The highest BCUT2D eigenvalue weighted by Crippen LogP contribution is 2.31. The molecular formula is C18H18FN5O. The summed E-state index contributed by atoms with van der Waals surface area (Å²) in [6.45, 7) is 0.679. The van der Waals surface area contributed by atoms with Crippen LogP contribution < -0.4 is 0 Å². The SMILES string of the molecule is O=C(c1ccn[nH]1)N1CCCC[C@@H]1c1ncc(-c2cccc(F)c2)[nH]1. The van der Waals surface area contributed by atoms with Crippen LogP contribution in [0.25, 0.3) is 11.3 Å². The number of amides is 1. The fourth-order valence-electron chi connectivity index (χ4n) is 3.30. The van der Waals surface area contributed by atoms with Crippen LogP contribution in [0, 0.1) is 5.82 Å². The Labute approximate surface area is 144 Å². The van der Waals surface area contributed by atoms with E-state index < -0.39 is 0 Å². The zero-order valence-corrected chi connectivity index (χ0v) is 13.6. The number of nitrogens with one attached hydrogen (secondary N) is 2. The number of rotatable bonds is 3. The van der Waals surface area contributed by atoms with Crippen molar-refractivity contribution < 1.29 is 9.18 Å². The van der Waals surface area contributed by atoms with Gasteiger partial charge >= 0.3 is 0 Å². The van der Waals surface area contributed by atoms with Gasteiger partial charge in [-0.3, -0.25) is 9.89 Å². The second-order valence-electron chi connectivity index (χ2n) is 6.17. The van der Waals surface area contributed by atoms with Gasteiger partial charge in [-0.15, -0.1) is 0 Å². The summed E-state index contributed by atoms with van der Waals surface area (Å²) >= 11 is 0. The first kappa shape index (κ1) is 15.6. The number of halogens is 1. The summed E-state index contributed by atoms with van der Waals surface area (Å²) in [5.41, 5.74) is 1.96. The number of piperidine rings is 1. The topological polar surface area (TPSA) is 77.7 Å². The van der Waals surface area contributed by atoms with Crippen molar-refractivity contribution in [3.8, 4) is 11.3 Å². The van der Waals surface area contributed by atoms with E-state index in [1.54, 1.807) is 24.5 Å². The van der Waals surface area contributed by atoms with Gasteiger partial charge in [0.05, 0.1) is 17.9 Å². The molecule has 3 aromatic rings. The fraction of sp³-hybridized carbons (Fsp3) is 0.278. The Morgan fingerprint density at radius 3 is 3.00 bits per heavy atom. The van der Waals surface area contributed by atoms with E-state index in [9.17, 15) is 9.18 Å². The predicted octanol–water partition coefficient (Wildman–Crippen LogP) is 3.31. The molecule has 7 heteroatoms. The highest BCUT2D eigenvalue weighted by Gasteiger charge is 2.31. The number of imidazole rings is 1. The van der Waals surface area contributed by atoms with Gasteiger partial charge in [0.1, 0.15) is 17.3 Å². The van der Waals surface area contributed by atoms with Gasteiger partial charge in [0.15, 0.2) is 0 Å². The maximum atomic E-state index is 13.4. The van der Waals surface area contributed by atoms with E-state index in [0.717, 1.165) is 36.3 Å². The number of hydrogen-bond acceptors (Lipinski definition) is 3. The lowest BCUT2D eigenvalue weighted by molar-refractivity contribution is 0.0595. The molecule has 0 bridgehead atoms. The molecule has 6 nitrogen and oxygen atoms in total. The van der Waals surface area contributed by atoms with E-state index in [0.29, 0.717) is 12.2 Å². The molecule has 1 atom stereocenters. The number of carbonyl (C=O) groups is 1. The third-order valence-electron chi connectivity index (χ3n) is 4.54. The van der Waals surface area contributed by atoms with Crippen molar-refractivity contribution in [3.63, 3.8) is 0 Å². The van der Waals surface area contributed by atoms with Crippen molar-refractivity contribution in [1.82, 2.24) is 25.1 Å². The summed E-state index contributed by atoms with van der Waals surface area (Å²) in [6.07, 6.45) is 6.11. The van der Waals surface area contributed by atoms with E-state index in [1.807, 2.05) is 11.0 Å². The van der Waals surface area contributed by atoms with E-state index >= 15 is 0 Å². The Kier molecular flexibility index (Phi) is 4.05. The molecule has 1 saturated heterocycles. The smallest absolute Gasteiger partial charge is 0.272 e. The largest absolute Gasteiger partial charge is 0.340 e. The number of aromatic nitrogens is 4. The molecule has 1 aromatic carbocycles. The molecule has 0 radical (unpaired) electrons. The molecule has 2 N–H and O–H groups in total. The molecule has 0 spiro atoms. The van der Waals surface area contributed by atoms with Crippen LogP contribution in [0.2, 0.25) is 0 Å². The van der Waals surface area contributed by atoms with Gasteiger partial charge in [-0.05, 0) is 37.5 Å². The van der Waals surface area contributed by atoms with Crippen molar-refractivity contribution in [2.75, 3.05) is 6.54 Å². The van der Waals surface area contributed by atoms with Crippen LogP contribution in [0.4, 0.5) is 4.39 Å². The maximum absolute atomic E-state index is 13.4. The van der Waals surface area contributed by atoms with Gasteiger partial charge in [-0.1, -0.05) is 12.1 Å². The molecule has 1 amide bonds. The highest BCUT2D eigenvalue weighted by atomic mass is 19.1. The number of carbonyl (C=O) groups excluding carboxylic acids is 1. The van der Waals surface area contributed by atoms with E-state index in [4.69, 9.17) is 0 Å². The third-order valence-corrected chi connectivity index (χ3v) is 4.54. The number of benzene rings is 1. The molecule has 2 aromatic heterocycles. The van der Waals surface area contributed by atoms with Crippen molar-refractivity contribution in [3.05, 3.63) is 60.1 Å². The lowest BCUT2D eigenvalue weighted by Crippen LogP contribution is -2.39. The summed E-state index contributed by atoms with van der Waals surface area (Å²) in [7, 11) is 0. The van der Waals surface area contributed by atoms with Crippen LogP contribution in [-0.2, 0) is 0 Å². The third kappa shape index (κ3) is 3.05. The van der Waals surface area contributed by atoms with Crippen LogP contribution >= 0.6 is 0 Å². The number of hydrogen-bond donors (Lipinski definition) is 2. The van der Waals surface area contributed by atoms with Gasteiger partial charge in [0.25, 0.3) is 5.91 Å². The molecule has 4 rings (SSSR count). The van der Waals surface area contributed by atoms with Gasteiger partial charge < -0.3 is 9.88 Å². The minimum Gasteiger partial charge on any atom is -0.340 e. The summed E-state index contributed by atoms with van der Waals surface area (Å²) < 4.78 is 13.4. The Balaban J connectivity index is 1.62. The summed E-state index contributed by atoms with van der Waals surface area (Å²) in [5.74, 6) is 0.361. The molecule has 1 aliphatic heterocycles. The zero-order chi connectivity index (χ0) is 17.2. The van der Waals surface area contributed by atoms with Gasteiger partial charge in [-0.25, -0.2) is 9.37 Å². The molecular weight excluding hydrogens is 321 g/mol. The minimum atomic E-state index is -0.289. The van der Waals surface area contributed by atoms with E-state index in [2.05, 4.69) is 20.2 Å². The van der Waals surface area contributed by atoms with Crippen molar-refractivity contribution in [1.29, 1.82) is 0 Å². The summed E-state index contributed by atoms with van der Waals surface area (Å²) in [5, 5.41) is 6.59. The monoisotopic (exact) mass is 339 g/mol. The standard InChI is InChI=1S/C18H18FN5O/c19-13-5-3-4-12(10-13)15-11-20-17(22-15)16-6-1-2-9-24(16)18(25)14-7-8-21-23-14/h3-5,7-8,10-11,16H,1-2,6,9H2,(H,20,22)(H,21,23)/t16-/m1/s1. The average molecular weight is 339 g/mol. The first-order chi connectivity index (χ1) is 12.2. The number of nitrogens with zero attached hydrogens (tertiary/aromatic N) is 3. The second-order valence-corrected chi connectivity index (χ2v) is 6.17. The van der Waals surface area contributed by atoms with Crippen molar-refractivity contribution >= 4 is 5.91 Å². The van der Waals surface area contributed by atoms with Gasteiger partial charge in [0.2, 0.25) is 0 Å². The fourth-order valence-corrected chi connectivity index (χ4v) is 3.30. The number of H-pyrrole nitrogens is 2.